The Labute approximate surface area is 124 Å². The van der Waals surface area contributed by atoms with E-state index in [-0.39, 0.29) is 5.91 Å². The van der Waals surface area contributed by atoms with E-state index in [1.165, 1.54) is 5.56 Å². The number of amides is 1. The first-order valence-corrected chi connectivity index (χ1v) is 7.78. The molecule has 0 aromatic heterocycles. The fourth-order valence-electron chi connectivity index (χ4n) is 3.67. The summed E-state index contributed by atoms with van der Waals surface area (Å²) in [7, 11) is 0. The van der Waals surface area contributed by atoms with Gasteiger partial charge in [0.1, 0.15) is 0 Å². The van der Waals surface area contributed by atoms with Gasteiger partial charge < -0.3 is 14.8 Å². The number of carboxylic acids is 1. The highest BCUT2D eigenvalue weighted by Gasteiger charge is 2.36. The summed E-state index contributed by atoms with van der Waals surface area (Å²) >= 11 is 0. The number of fused-ring (bicyclic) bond motifs is 1. The number of carboxylic acid groups (broad SMARTS) is 1. The quantitative estimate of drug-likeness (QED) is 0.828. The van der Waals surface area contributed by atoms with Gasteiger partial charge in [-0.3, -0.25) is 4.79 Å². The van der Waals surface area contributed by atoms with Crippen LogP contribution in [-0.2, 0) is 16.0 Å². The lowest BCUT2D eigenvalue weighted by atomic mass is 9.78. The highest BCUT2D eigenvalue weighted by atomic mass is 16.4. The fourth-order valence-corrected chi connectivity index (χ4v) is 3.67. The maximum absolute atomic E-state index is 12.9. The summed E-state index contributed by atoms with van der Waals surface area (Å²) in [4.78, 5) is 26.0. The zero-order valence-electron chi connectivity index (χ0n) is 12.1. The smallest absolute Gasteiger partial charge is 0.230 e. The van der Waals surface area contributed by atoms with E-state index in [9.17, 15) is 14.7 Å². The van der Waals surface area contributed by atoms with Crippen molar-refractivity contribution < 1.29 is 14.7 Å². The van der Waals surface area contributed by atoms with Gasteiger partial charge in [-0.2, -0.15) is 0 Å². The first kappa shape index (κ1) is 14.1. The number of hydrogen-bond donors (Lipinski definition) is 0. The lowest BCUT2D eigenvalue weighted by Crippen LogP contribution is -2.47. The van der Waals surface area contributed by atoms with Gasteiger partial charge in [0.15, 0.2) is 0 Å². The molecule has 1 aromatic carbocycles. The second-order valence-corrected chi connectivity index (χ2v) is 6.04. The number of carbonyl (C=O) groups excluding carboxylic acids is 2. The van der Waals surface area contributed by atoms with Crippen molar-refractivity contribution >= 4 is 17.6 Å². The molecule has 2 aliphatic rings. The Bertz CT molecular complexity index is 555. The van der Waals surface area contributed by atoms with E-state index in [0.29, 0.717) is 19.4 Å². The molecule has 21 heavy (non-hydrogen) atoms. The minimum absolute atomic E-state index is 0.0314. The van der Waals surface area contributed by atoms with Gasteiger partial charge in [0.2, 0.25) is 5.91 Å². The third kappa shape index (κ3) is 2.67. The van der Waals surface area contributed by atoms with E-state index in [2.05, 4.69) is 0 Å². The predicted octanol–water partition coefficient (Wildman–Crippen LogP) is 1.52. The highest BCUT2D eigenvalue weighted by molar-refractivity contribution is 5.98. The molecular weight excluding hydrogens is 266 g/mol. The van der Waals surface area contributed by atoms with Crippen LogP contribution in [0.5, 0.6) is 0 Å². The molecule has 1 fully saturated rings. The molecular formula is C17H20NO3-. The van der Waals surface area contributed by atoms with Crippen molar-refractivity contribution in [2.75, 3.05) is 11.4 Å². The Morgan fingerprint density at radius 2 is 1.76 bits per heavy atom. The minimum atomic E-state index is -1.07. The number of nitrogens with zero attached hydrogens (tertiary/aromatic N) is 1. The van der Waals surface area contributed by atoms with Crippen molar-refractivity contribution in [1.29, 1.82) is 0 Å². The van der Waals surface area contributed by atoms with E-state index in [0.717, 1.165) is 31.4 Å². The highest BCUT2D eigenvalue weighted by Crippen LogP contribution is 2.35. The molecule has 4 heteroatoms. The summed E-state index contributed by atoms with van der Waals surface area (Å²) in [5, 5.41) is 11.3. The van der Waals surface area contributed by atoms with Gasteiger partial charge in [-0.1, -0.05) is 31.0 Å². The molecule has 0 radical (unpaired) electrons. The number of benzene rings is 1. The van der Waals surface area contributed by atoms with Crippen molar-refractivity contribution in [3.8, 4) is 0 Å². The molecule has 0 N–H and O–H groups in total. The molecule has 0 spiro atoms. The van der Waals surface area contributed by atoms with E-state index < -0.39 is 17.8 Å². The molecule has 112 valence electrons. The zero-order valence-corrected chi connectivity index (χ0v) is 12.1. The van der Waals surface area contributed by atoms with Crippen molar-refractivity contribution in [2.24, 2.45) is 11.8 Å². The Hall–Kier alpha value is -1.84. The molecule has 1 heterocycles. The monoisotopic (exact) mass is 286 g/mol. The van der Waals surface area contributed by atoms with Crippen molar-refractivity contribution in [3.05, 3.63) is 29.8 Å². The molecule has 1 aliphatic heterocycles. The van der Waals surface area contributed by atoms with Crippen molar-refractivity contribution in [3.63, 3.8) is 0 Å². The summed E-state index contributed by atoms with van der Waals surface area (Å²) < 4.78 is 0. The normalized spacial score (nSPS) is 25.2. The third-order valence-corrected chi connectivity index (χ3v) is 4.76. The second-order valence-electron chi connectivity index (χ2n) is 6.04. The number of rotatable bonds is 2. The largest absolute Gasteiger partial charge is 0.550 e. The van der Waals surface area contributed by atoms with Crippen LogP contribution >= 0.6 is 0 Å². The first-order chi connectivity index (χ1) is 10.2. The second kappa shape index (κ2) is 5.88. The SMILES string of the molecule is O=C([O-])[C@@H]1CCCC[C@@H]1C(=O)N1CCCc2ccccc21. The Balaban J connectivity index is 1.86. The Morgan fingerprint density at radius 3 is 2.52 bits per heavy atom. The average molecular weight is 286 g/mol. The minimum Gasteiger partial charge on any atom is -0.550 e. The number of aliphatic carboxylic acids is 1. The topological polar surface area (TPSA) is 60.4 Å². The molecule has 1 amide bonds. The Kier molecular flexibility index (Phi) is 3.95. The summed E-state index contributed by atoms with van der Waals surface area (Å²) in [6, 6.07) is 7.92. The zero-order chi connectivity index (χ0) is 14.8. The summed E-state index contributed by atoms with van der Waals surface area (Å²) in [6.45, 7) is 0.687. The lowest BCUT2D eigenvalue weighted by Gasteiger charge is -2.37. The standard InChI is InChI=1S/C17H21NO3/c19-16(13-8-2-3-9-14(13)17(20)21)18-11-5-7-12-6-1-4-10-15(12)18/h1,4,6,10,13-14H,2-3,5,7-9,11H2,(H,20,21)/p-1/t13-,14+/m0/s1. The van der Waals surface area contributed by atoms with Crippen LogP contribution in [0.2, 0.25) is 0 Å². The number of aryl methyl sites for hydroxylation is 1. The molecule has 0 bridgehead atoms. The van der Waals surface area contributed by atoms with Gasteiger partial charge >= 0.3 is 0 Å². The molecule has 1 saturated carbocycles. The average Bonchev–Trinajstić information content (AvgIpc) is 2.53. The molecule has 2 atom stereocenters. The lowest BCUT2D eigenvalue weighted by molar-refractivity contribution is -0.313. The van der Waals surface area contributed by atoms with Crippen molar-refractivity contribution in [2.45, 2.75) is 38.5 Å². The number of anilines is 1. The number of hydrogen-bond acceptors (Lipinski definition) is 3. The molecule has 1 aliphatic carbocycles. The number of carbonyl (C=O) groups is 2. The fraction of sp³-hybridized carbons (Fsp3) is 0.529. The van der Waals surface area contributed by atoms with Crippen LogP contribution in [0, 0.1) is 11.8 Å². The van der Waals surface area contributed by atoms with Crippen LogP contribution in [0.1, 0.15) is 37.7 Å². The van der Waals surface area contributed by atoms with Gasteiger partial charge in [0.05, 0.1) is 0 Å². The third-order valence-electron chi connectivity index (χ3n) is 4.76. The predicted molar refractivity (Wildman–Crippen MR) is 77.6 cm³/mol. The van der Waals surface area contributed by atoms with Crippen LogP contribution in [0.25, 0.3) is 0 Å². The van der Waals surface area contributed by atoms with Gasteiger partial charge in [0.25, 0.3) is 0 Å². The maximum atomic E-state index is 12.9. The van der Waals surface area contributed by atoms with Crippen molar-refractivity contribution in [1.82, 2.24) is 0 Å². The number of para-hydroxylation sites is 1. The van der Waals surface area contributed by atoms with Crippen LogP contribution in [0.4, 0.5) is 5.69 Å². The van der Waals surface area contributed by atoms with Crippen LogP contribution in [0.15, 0.2) is 24.3 Å². The summed E-state index contributed by atoms with van der Waals surface area (Å²) in [5.41, 5.74) is 2.13. The van der Waals surface area contributed by atoms with Crippen LogP contribution in [-0.4, -0.2) is 18.4 Å². The van der Waals surface area contributed by atoms with Crippen LogP contribution in [0.3, 0.4) is 0 Å². The Morgan fingerprint density at radius 1 is 1.05 bits per heavy atom. The van der Waals surface area contributed by atoms with Gasteiger partial charge in [0, 0.05) is 30.0 Å². The van der Waals surface area contributed by atoms with Gasteiger partial charge in [-0.25, -0.2) is 0 Å². The summed E-state index contributed by atoms with van der Waals surface area (Å²) in [5.74, 6) is -2.15. The van der Waals surface area contributed by atoms with E-state index in [1.807, 2.05) is 24.3 Å². The van der Waals surface area contributed by atoms with Crippen LogP contribution < -0.4 is 10.0 Å². The maximum Gasteiger partial charge on any atom is 0.230 e. The molecule has 4 nitrogen and oxygen atoms in total. The van der Waals surface area contributed by atoms with Gasteiger partial charge in [-0.05, 0) is 37.3 Å². The van der Waals surface area contributed by atoms with E-state index in [4.69, 9.17) is 0 Å². The van der Waals surface area contributed by atoms with E-state index in [1.54, 1.807) is 4.90 Å². The van der Waals surface area contributed by atoms with Gasteiger partial charge in [-0.15, -0.1) is 0 Å². The molecule has 0 saturated heterocycles. The first-order valence-electron chi connectivity index (χ1n) is 7.78. The molecule has 3 rings (SSSR count). The molecule has 0 unspecified atom stereocenters. The van der Waals surface area contributed by atoms with E-state index >= 15 is 0 Å². The molecule has 1 aromatic rings. The summed E-state index contributed by atoms with van der Waals surface area (Å²) in [6.07, 6.45) is 4.94.